The van der Waals surface area contributed by atoms with Gasteiger partial charge in [-0.1, -0.05) is 59.0 Å². The summed E-state index contributed by atoms with van der Waals surface area (Å²) in [6, 6.07) is 11.8. The van der Waals surface area contributed by atoms with Gasteiger partial charge in [-0.15, -0.1) is 0 Å². The highest BCUT2D eigenvalue weighted by Gasteiger charge is 2.59. The van der Waals surface area contributed by atoms with Gasteiger partial charge in [-0.05, 0) is 85.6 Å². The average Bonchev–Trinajstić information content (AvgIpc) is 2.64. The lowest BCUT2D eigenvalue weighted by atomic mass is 9.43. The van der Waals surface area contributed by atoms with E-state index >= 15 is 0 Å². The van der Waals surface area contributed by atoms with E-state index in [4.69, 9.17) is 27.9 Å². The molecule has 6 rings (SSSR count). The summed E-state index contributed by atoms with van der Waals surface area (Å²) in [5, 5.41) is 5.31. The normalized spacial score (nSPS) is 33.6. The number of halogens is 3. The molecule has 31 heavy (non-hydrogen) atoms. The van der Waals surface area contributed by atoms with E-state index in [0.29, 0.717) is 27.5 Å². The van der Waals surface area contributed by atoms with Crippen LogP contribution < -0.4 is 10.1 Å². The minimum absolute atomic E-state index is 0.266. The van der Waals surface area contributed by atoms with Crippen LogP contribution >= 0.6 is 39.1 Å². The van der Waals surface area contributed by atoms with Gasteiger partial charge in [0.1, 0.15) is 12.4 Å². The van der Waals surface area contributed by atoms with Gasteiger partial charge in [0.05, 0.1) is 0 Å². The van der Waals surface area contributed by atoms with Crippen molar-refractivity contribution in [3.63, 3.8) is 0 Å². The van der Waals surface area contributed by atoms with Gasteiger partial charge in [0.2, 0.25) is 0 Å². The highest BCUT2D eigenvalue weighted by Crippen LogP contribution is 2.66. The predicted molar refractivity (Wildman–Crippen MR) is 132 cm³/mol. The van der Waals surface area contributed by atoms with E-state index in [-0.39, 0.29) is 5.54 Å². The standard InChI is InChI=1S/C26H30BrCl2NO/c1-24-9-17-10-25(2,14-24)16-26(11-17,15-24)30-12-19-7-20(27)4-6-23(19)31-13-18-3-5-21(28)8-22(18)29/h3-8,17,30H,9-16H2,1-2H3/t17?,24-,25+,26?. The molecule has 4 atom stereocenters. The highest BCUT2D eigenvalue weighted by molar-refractivity contribution is 9.10. The summed E-state index contributed by atoms with van der Waals surface area (Å²) in [5.41, 5.74) is 3.40. The van der Waals surface area contributed by atoms with E-state index < -0.39 is 0 Å². The fraction of sp³-hybridized carbons (Fsp3) is 0.538. The van der Waals surface area contributed by atoms with Crippen molar-refractivity contribution in [1.82, 2.24) is 5.32 Å². The summed E-state index contributed by atoms with van der Waals surface area (Å²) >= 11 is 16.0. The second-order valence-corrected chi connectivity index (χ2v) is 12.8. The first-order valence-electron chi connectivity index (χ1n) is 11.3. The molecule has 2 aromatic carbocycles. The van der Waals surface area contributed by atoms with Crippen molar-refractivity contribution in [2.45, 2.75) is 71.1 Å². The van der Waals surface area contributed by atoms with Crippen molar-refractivity contribution < 1.29 is 4.74 Å². The zero-order valence-corrected chi connectivity index (χ0v) is 21.3. The van der Waals surface area contributed by atoms with Crippen LogP contribution in [-0.2, 0) is 13.2 Å². The second kappa shape index (κ2) is 7.94. The third-order valence-corrected chi connectivity index (χ3v) is 8.78. The van der Waals surface area contributed by atoms with E-state index in [0.717, 1.165) is 28.2 Å². The van der Waals surface area contributed by atoms with Crippen LogP contribution in [-0.4, -0.2) is 5.54 Å². The third kappa shape index (κ3) is 4.53. The number of rotatable bonds is 6. The maximum absolute atomic E-state index is 6.34. The van der Waals surface area contributed by atoms with E-state index in [2.05, 4.69) is 41.2 Å². The van der Waals surface area contributed by atoms with E-state index in [1.807, 2.05) is 24.3 Å². The summed E-state index contributed by atoms with van der Waals surface area (Å²) in [7, 11) is 0. The Morgan fingerprint density at radius 3 is 2.39 bits per heavy atom. The Labute approximate surface area is 204 Å². The molecule has 5 heteroatoms. The molecular formula is C26H30BrCl2NO. The number of ether oxygens (including phenoxy) is 1. The Balaban J connectivity index is 1.32. The van der Waals surface area contributed by atoms with Crippen molar-refractivity contribution in [2.24, 2.45) is 16.7 Å². The smallest absolute Gasteiger partial charge is 0.124 e. The van der Waals surface area contributed by atoms with Gasteiger partial charge in [-0.2, -0.15) is 0 Å². The first kappa shape index (κ1) is 22.1. The van der Waals surface area contributed by atoms with Gasteiger partial charge in [-0.25, -0.2) is 0 Å². The summed E-state index contributed by atoms with van der Waals surface area (Å²) in [5.74, 6) is 1.79. The molecule has 0 radical (unpaired) electrons. The van der Waals surface area contributed by atoms with Crippen molar-refractivity contribution in [2.75, 3.05) is 0 Å². The van der Waals surface area contributed by atoms with Crippen molar-refractivity contribution in [1.29, 1.82) is 0 Å². The number of nitrogens with one attached hydrogen (secondary N) is 1. The SMILES string of the molecule is C[C@]12CC3CC(NCc4cc(Br)ccc4OCc4ccc(Cl)cc4Cl)(C1)C[C@@](C)(C3)C2. The van der Waals surface area contributed by atoms with E-state index in [1.54, 1.807) is 6.07 Å². The lowest BCUT2D eigenvalue weighted by Crippen LogP contribution is -2.63. The maximum Gasteiger partial charge on any atom is 0.124 e. The predicted octanol–water partition coefficient (Wildman–Crippen LogP) is 8.17. The molecular weight excluding hydrogens is 493 g/mol. The first-order chi connectivity index (χ1) is 14.6. The monoisotopic (exact) mass is 521 g/mol. The Morgan fingerprint density at radius 2 is 1.71 bits per heavy atom. The molecule has 2 nitrogen and oxygen atoms in total. The zero-order chi connectivity index (χ0) is 21.9. The van der Waals surface area contributed by atoms with Crippen LogP contribution in [0.25, 0.3) is 0 Å². The molecule has 4 saturated carbocycles. The Hall–Kier alpha value is -0.740. The zero-order valence-electron chi connectivity index (χ0n) is 18.2. The van der Waals surface area contributed by atoms with Crippen molar-refractivity contribution in [3.8, 4) is 5.75 Å². The lowest BCUT2D eigenvalue weighted by Gasteiger charge is -2.65. The summed E-state index contributed by atoms with van der Waals surface area (Å²) in [6.07, 6.45) is 8.15. The molecule has 2 unspecified atom stereocenters. The van der Waals surface area contributed by atoms with Crippen LogP contribution in [0.5, 0.6) is 5.75 Å². The fourth-order valence-electron chi connectivity index (χ4n) is 7.55. The molecule has 0 spiro atoms. The van der Waals surface area contributed by atoms with Crippen molar-refractivity contribution in [3.05, 3.63) is 62.0 Å². The molecule has 4 fully saturated rings. The largest absolute Gasteiger partial charge is 0.489 e. The van der Waals surface area contributed by atoms with Crippen LogP contribution in [0.2, 0.25) is 10.0 Å². The molecule has 4 aliphatic carbocycles. The summed E-state index contributed by atoms with van der Waals surface area (Å²) in [4.78, 5) is 0. The first-order valence-corrected chi connectivity index (χ1v) is 12.8. The van der Waals surface area contributed by atoms with Crippen LogP contribution in [0.3, 0.4) is 0 Å². The number of hydrogen-bond donors (Lipinski definition) is 1. The summed E-state index contributed by atoms with van der Waals surface area (Å²) < 4.78 is 7.30. The van der Waals surface area contributed by atoms with E-state index in [1.165, 1.54) is 44.1 Å². The molecule has 2 aromatic rings. The Kier molecular flexibility index (Phi) is 5.65. The number of hydrogen-bond acceptors (Lipinski definition) is 2. The molecule has 0 saturated heterocycles. The molecule has 4 aliphatic rings. The van der Waals surface area contributed by atoms with Gasteiger partial charge in [0, 0.05) is 37.7 Å². The van der Waals surface area contributed by atoms with Gasteiger partial charge in [0.25, 0.3) is 0 Å². The van der Waals surface area contributed by atoms with Gasteiger partial charge < -0.3 is 10.1 Å². The quantitative estimate of drug-likeness (QED) is 0.413. The molecule has 166 valence electrons. The van der Waals surface area contributed by atoms with E-state index in [9.17, 15) is 0 Å². The maximum atomic E-state index is 6.34. The Bertz CT molecular complexity index is 991. The third-order valence-electron chi connectivity index (χ3n) is 7.70. The average molecular weight is 523 g/mol. The topological polar surface area (TPSA) is 21.3 Å². The molecule has 0 heterocycles. The molecule has 4 bridgehead atoms. The molecule has 0 aliphatic heterocycles. The van der Waals surface area contributed by atoms with Crippen LogP contribution in [0.15, 0.2) is 40.9 Å². The second-order valence-electron chi connectivity index (χ2n) is 11.0. The van der Waals surface area contributed by atoms with Crippen molar-refractivity contribution >= 4 is 39.1 Å². The fourth-order valence-corrected chi connectivity index (χ4v) is 8.42. The molecule has 1 N–H and O–H groups in total. The summed E-state index contributed by atoms with van der Waals surface area (Å²) in [6.45, 7) is 6.29. The van der Waals surface area contributed by atoms with Crippen LogP contribution in [0, 0.1) is 16.7 Å². The Morgan fingerprint density at radius 1 is 0.968 bits per heavy atom. The van der Waals surface area contributed by atoms with Gasteiger partial charge in [-0.3, -0.25) is 0 Å². The minimum atomic E-state index is 0.266. The molecule has 0 amide bonds. The number of benzene rings is 2. The highest BCUT2D eigenvalue weighted by atomic mass is 79.9. The van der Waals surface area contributed by atoms with Crippen LogP contribution in [0.1, 0.15) is 63.5 Å². The van der Waals surface area contributed by atoms with Crippen LogP contribution in [0.4, 0.5) is 0 Å². The minimum Gasteiger partial charge on any atom is -0.489 e. The van der Waals surface area contributed by atoms with Gasteiger partial charge in [0.15, 0.2) is 0 Å². The molecule has 0 aromatic heterocycles. The lowest BCUT2D eigenvalue weighted by molar-refractivity contribution is -0.118. The van der Waals surface area contributed by atoms with Gasteiger partial charge >= 0.3 is 0 Å².